The van der Waals surface area contributed by atoms with Crippen LogP contribution in [0.1, 0.15) is 73.7 Å². The van der Waals surface area contributed by atoms with Gasteiger partial charge in [0.2, 0.25) is 0 Å². The average Bonchev–Trinajstić information content (AvgIpc) is 3.75. The minimum atomic E-state index is 0.705. The topological polar surface area (TPSA) is 12.4 Å². The van der Waals surface area contributed by atoms with Gasteiger partial charge in [-0.25, -0.2) is 4.99 Å². The van der Waals surface area contributed by atoms with E-state index < -0.39 is 0 Å². The normalized spacial score (nSPS) is 14.1. The minimum absolute atomic E-state index is 0.705. The fourth-order valence-electron chi connectivity index (χ4n) is 6.95. The number of rotatable bonds is 9. The summed E-state index contributed by atoms with van der Waals surface area (Å²) in [5.41, 5.74) is 11.9. The second-order valence-electron chi connectivity index (χ2n) is 12.8. The Morgan fingerprint density at radius 2 is 1.45 bits per heavy atom. The van der Waals surface area contributed by atoms with Crippen molar-refractivity contribution in [1.82, 2.24) is 0 Å². The number of nitrogens with zero attached hydrogens (tertiary/aromatic N) is 1. The molecule has 0 N–H and O–H groups in total. The summed E-state index contributed by atoms with van der Waals surface area (Å²) in [5, 5.41) is 3.58. The molecule has 0 saturated carbocycles. The zero-order chi connectivity index (χ0) is 37.5. The summed E-state index contributed by atoms with van der Waals surface area (Å²) < 4.78 is 3.69. The number of aryl methyl sites for hydroxylation is 1. The van der Waals surface area contributed by atoms with Crippen molar-refractivity contribution in [3.63, 3.8) is 0 Å². The summed E-state index contributed by atoms with van der Waals surface area (Å²) in [6.45, 7) is 23.7. The van der Waals surface area contributed by atoms with Crippen LogP contribution in [0.4, 0.5) is 0 Å². The molecule has 1 nitrogen and oxygen atoms in total. The molecule has 0 spiro atoms. The lowest BCUT2D eigenvalue weighted by Crippen LogP contribution is -2.19. The van der Waals surface area contributed by atoms with E-state index in [-0.39, 0.29) is 0 Å². The first-order valence-electron chi connectivity index (χ1n) is 18.4. The molecule has 53 heavy (non-hydrogen) atoms. The molecule has 0 radical (unpaired) electrons. The van der Waals surface area contributed by atoms with E-state index in [1.165, 1.54) is 36.2 Å². The summed E-state index contributed by atoms with van der Waals surface area (Å²) in [7, 11) is 0. The molecular formula is C50H47NS2. The predicted octanol–water partition coefficient (Wildman–Crippen LogP) is 13.2. The lowest BCUT2D eigenvalue weighted by molar-refractivity contribution is 0.998. The summed E-state index contributed by atoms with van der Waals surface area (Å²) in [4.78, 5) is 6.64. The number of hydrogen-bond acceptors (Lipinski definition) is 3. The van der Waals surface area contributed by atoms with Gasteiger partial charge < -0.3 is 0 Å². The molecule has 0 saturated heterocycles. The van der Waals surface area contributed by atoms with Gasteiger partial charge in [-0.1, -0.05) is 131 Å². The van der Waals surface area contributed by atoms with Crippen molar-refractivity contribution >= 4 is 72.0 Å². The summed E-state index contributed by atoms with van der Waals surface area (Å²) >= 11 is 3.66. The molecular weight excluding hydrogens is 679 g/mol. The molecule has 0 fully saturated rings. The summed E-state index contributed by atoms with van der Waals surface area (Å²) in [5.74, 6) is 0. The van der Waals surface area contributed by atoms with Crippen LogP contribution in [0.15, 0.2) is 163 Å². The van der Waals surface area contributed by atoms with Crippen molar-refractivity contribution in [2.24, 2.45) is 4.99 Å². The van der Waals surface area contributed by atoms with Crippen molar-refractivity contribution in [1.29, 1.82) is 0 Å². The van der Waals surface area contributed by atoms with Gasteiger partial charge in [-0.2, -0.15) is 0 Å². The van der Waals surface area contributed by atoms with E-state index in [0.29, 0.717) is 5.70 Å². The molecule has 0 atom stereocenters. The van der Waals surface area contributed by atoms with Crippen LogP contribution in [0.5, 0.6) is 0 Å². The van der Waals surface area contributed by atoms with Crippen molar-refractivity contribution in [3.8, 4) is 0 Å². The van der Waals surface area contributed by atoms with E-state index in [1.807, 2.05) is 44.3 Å². The first-order chi connectivity index (χ1) is 25.9. The molecule has 3 heteroatoms. The Hall–Kier alpha value is -5.35. The Bertz CT molecular complexity index is 2600. The summed E-state index contributed by atoms with van der Waals surface area (Å²) in [6.07, 6.45) is 15.0. The van der Waals surface area contributed by atoms with Gasteiger partial charge in [0, 0.05) is 29.9 Å². The van der Waals surface area contributed by atoms with Gasteiger partial charge >= 0.3 is 0 Å². The van der Waals surface area contributed by atoms with Crippen molar-refractivity contribution in [2.45, 2.75) is 47.5 Å². The number of allylic oxidation sites excluding steroid dienone is 8. The maximum Gasteiger partial charge on any atom is 0.0712 e. The van der Waals surface area contributed by atoms with Gasteiger partial charge in [0.15, 0.2) is 0 Å². The molecule has 7 rings (SSSR count). The van der Waals surface area contributed by atoms with E-state index in [9.17, 15) is 0 Å². The molecule has 0 amide bonds. The van der Waals surface area contributed by atoms with Crippen LogP contribution in [0.3, 0.4) is 0 Å². The van der Waals surface area contributed by atoms with E-state index in [1.54, 1.807) is 11.3 Å². The minimum Gasteiger partial charge on any atom is -0.248 e. The molecule has 2 heterocycles. The van der Waals surface area contributed by atoms with Crippen LogP contribution >= 0.6 is 22.7 Å². The maximum absolute atomic E-state index is 5.28. The second-order valence-corrected chi connectivity index (χ2v) is 14.9. The van der Waals surface area contributed by atoms with Gasteiger partial charge in [-0.3, -0.25) is 0 Å². The fraction of sp³-hybridized carbons (Fsp3) is 0.140. The van der Waals surface area contributed by atoms with Crippen LogP contribution in [-0.4, -0.2) is 5.71 Å². The number of aliphatic imine (C=N–C) groups is 1. The standard InChI is InChI=1S/C48H41NS2.C2H6/c1-7-18-34(8-2)31(4)27-44(35-19-11-10-12-20-35)49-33(6)36-28-37(39(9-3)47-32(5)40-21-13-15-25-45(40)50-47)30-38(29-36)41-23-17-24-43-42-22-14-16-26-46(42)51-48(41)43;1-2/h7-16,18-23,25-30H,3,5-6,17,24H2,1-2,4H3;1-2H3/b18-7-,31-27+,34-8+,47-39-,49-44?;. The fourth-order valence-corrected chi connectivity index (χ4v) is 9.48. The molecule has 264 valence electrons. The second kappa shape index (κ2) is 17.0. The quantitative estimate of drug-likeness (QED) is 0.104. The van der Waals surface area contributed by atoms with Crippen LogP contribution in [0.2, 0.25) is 0 Å². The first kappa shape index (κ1) is 37.4. The van der Waals surface area contributed by atoms with Crippen LogP contribution in [-0.2, 0) is 6.42 Å². The highest BCUT2D eigenvalue weighted by Gasteiger charge is 2.21. The Balaban J connectivity index is 0.00000236. The highest BCUT2D eigenvalue weighted by molar-refractivity contribution is 7.20. The largest absolute Gasteiger partial charge is 0.248 e. The van der Waals surface area contributed by atoms with E-state index in [4.69, 9.17) is 4.99 Å². The number of hydrogen-bond donors (Lipinski definition) is 0. The third-order valence-electron chi connectivity index (χ3n) is 9.51. The first-order valence-corrected chi connectivity index (χ1v) is 20.0. The molecule has 0 unspecified atom stereocenters. The highest BCUT2D eigenvalue weighted by Crippen LogP contribution is 2.43. The molecule has 4 aromatic carbocycles. The highest BCUT2D eigenvalue weighted by atomic mass is 32.1. The Kier molecular flexibility index (Phi) is 12.0. The number of benzene rings is 4. The molecule has 0 aliphatic heterocycles. The monoisotopic (exact) mass is 725 g/mol. The average molecular weight is 726 g/mol. The Morgan fingerprint density at radius 3 is 2.13 bits per heavy atom. The van der Waals surface area contributed by atoms with Crippen molar-refractivity contribution < 1.29 is 0 Å². The zero-order valence-corrected chi connectivity index (χ0v) is 33.1. The van der Waals surface area contributed by atoms with Crippen LogP contribution in [0.25, 0.3) is 43.6 Å². The van der Waals surface area contributed by atoms with Gasteiger partial charge in [-0.15, -0.1) is 22.7 Å². The van der Waals surface area contributed by atoms with E-state index in [2.05, 4.69) is 155 Å². The van der Waals surface area contributed by atoms with Crippen molar-refractivity contribution in [3.05, 3.63) is 200 Å². The van der Waals surface area contributed by atoms with E-state index >= 15 is 0 Å². The molecule has 2 aromatic heterocycles. The lowest BCUT2D eigenvalue weighted by Gasteiger charge is -2.17. The van der Waals surface area contributed by atoms with Gasteiger partial charge in [0.05, 0.1) is 11.4 Å². The number of fused-ring (bicyclic) bond motifs is 4. The smallest absolute Gasteiger partial charge is 0.0712 e. The van der Waals surface area contributed by atoms with E-state index in [0.717, 1.165) is 67.3 Å². The SMILES string of the molecule is C=C/C(c1cc(C(=C)N=C(/C=C(C)/C(/C=C\C)=C/C)c2ccccc2)cc(C2=CCCc3c2sc2ccccc32)c1)=c1/sc2ccccc2c1=C.CC. The van der Waals surface area contributed by atoms with Gasteiger partial charge in [0.1, 0.15) is 0 Å². The Morgan fingerprint density at radius 1 is 0.792 bits per heavy atom. The molecule has 0 bridgehead atoms. The van der Waals surface area contributed by atoms with Gasteiger partial charge in [0.25, 0.3) is 0 Å². The van der Waals surface area contributed by atoms with Crippen molar-refractivity contribution in [2.75, 3.05) is 0 Å². The summed E-state index contributed by atoms with van der Waals surface area (Å²) in [6, 6.07) is 34.5. The third-order valence-corrected chi connectivity index (χ3v) is 12.0. The maximum atomic E-state index is 5.28. The number of thiophene rings is 2. The van der Waals surface area contributed by atoms with Crippen LogP contribution in [0, 0.1) is 0 Å². The molecule has 6 aromatic rings. The Labute approximate surface area is 323 Å². The predicted molar refractivity (Wildman–Crippen MR) is 239 cm³/mol. The zero-order valence-electron chi connectivity index (χ0n) is 31.5. The van der Waals surface area contributed by atoms with Gasteiger partial charge in [-0.05, 0) is 125 Å². The van der Waals surface area contributed by atoms with Crippen LogP contribution < -0.4 is 9.75 Å². The molecule has 1 aliphatic carbocycles. The lowest BCUT2D eigenvalue weighted by atomic mass is 9.89. The molecule has 1 aliphatic rings. The third kappa shape index (κ3) is 7.74.